The molecular weight excluding hydrogens is 218 g/mol. The molecule has 0 saturated carbocycles. The maximum absolute atomic E-state index is 3.70. The van der Waals surface area contributed by atoms with Crippen LogP contribution in [0.15, 0.2) is 60.7 Å². The fourth-order valence-corrected chi connectivity index (χ4v) is 2.08. The maximum atomic E-state index is 3.70. The minimum Gasteiger partial charge on any atom is -0.304 e. The summed E-state index contributed by atoms with van der Waals surface area (Å²) in [4.78, 5) is 0. The third-order valence-electron chi connectivity index (χ3n) is 3.33. The molecule has 0 radical (unpaired) electrons. The molecule has 0 bridgehead atoms. The van der Waals surface area contributed by atoms with E-state index >= 15 is 0 Å². The van der Waals surface area contributed by atoms with E-state index in [-0.39, 0.29) is 6.04 Å². The van der Waals surface area contributed by atoms with Crippen molar-refractivity contribution in [2.45, 2.75) is 32.4 Å². The van der Waals surface area contributed by atoms with Crippen LogP contribution in [-0.4, -0.2) is 6.04 Å². The molecule has 1 atom stereocenters. The summed E-state index contributed by atoms with van der Waals surface area (Å²) in [6.45, 7) is 4.45. The van der Waals surface area contributed by atoms with Crippen molar-refractivity contribution in [2.75, 3.05) is 0 Å². The summed E-state index contributed by atoms with van der Waals surface area (Å²) in [7, 11) is 0. The molecule has 18 heavy (non-hydrogen) atoms. The van der Waals surface area contributed by atoms with Crippen molar-refractivity contribution in [2.24, 2.45) is 0 Å². The van der Waals surface area contributed by atoms with E-state index < -0.39 is 0 Å². The summed E-state index contributed by atoms with van der Waals surface area (Å²) in [6, 6.07) is 22.1. The molecule has 0 spiro atoms. The highest BCUT2D eigenvalue weighted by Gasteiger charge is 2.14. The fraction of sp³-hybridized carbons (Fsp3) is 0.294. The minimum atomic E-state index is 0.280. The van der Waals surface area contributed by atoms with Crippen LogP contribution >= 0.6 is 0 Å². The van der Waals surface area contributed by atoms with Crippen LogP contribution in [0.2, 0.25) is 0 Å². The number of benzene rings is 2. The van der Waals surface area contributed by atoms with Gasteiger partial charge in [0, 0.05) is 6.04 Å². The zero-order valence-electron chi connectivity index (χ0n) is 11.1. The Morgan fingerprint density at radius 2 is 1.28 bits per heavy atom. The molecule has 0 saturated heterocycles. The van der Waals surface area contributed by atoms with Crippen molar-refractivity contribution in [1.82, 2.24) is 5.32 Å². The van der Waals surface area contributed by atoms with Crippen molar-refractivity contribution in [3.63, 3.8) is 0 Å². The van der Waals surface area contributed by atoms with E-state index in [1.54, 1.807) is 0 Å². The van der Waals surface area contributed by atoms with E-state index in [4.69, 9.17) is 0 Å². The van der Waals surface area contributed by atoms with E-state index in [0.717, 1.165) is 6.42 Å². The van der Waals surface area contributed by atoms with Gasteiger partial charge in [-0.15, -0.1) is 0 Å². The van der Waals surface area contributed by atoms with Crippen molar-refractivity contribution in [1.29, 1.82) is 0 Å². The SMILES string of the molecule is CC[C@@H](C)NC(c1ccccc1)c1ccccc1. The molecule has 0 aliphatic carbocycles. The molecule has 1 nitrogen and oxygen atoms in total. The second-order valence-corrected chi connectivity index (χ2v) is 4.73. The van der Waals surface area contributed by atoms with Crippen LogP contribution in [0.25, 0.3) is 0 Å². The Kier molecular flexibility index (Phi) is 4.54. The summed E-state index contributed by atoms with van der Waals surface area (Å²) < 4.78 is 0. The molecule has 94 valence electrons. The molecule has 0 amide bonds. The van der Waals surface area contributed by atoms with Gasteiger partial charge in [0.05, 0.1) is 6.04 Å². The van der Waals surface area contributed by atoms with Gasteiger partial charge in [0.15, 0.2) is 0 Å². The molecule has 0 aliphatic heterocycles. The Morgan fingerprint density at radius 3 is 1.67 bits per heavy atom. The number of hydrogen-bond acceptors (Lipinski definition) is 1. The van der Waals surface area contributed by atoms with Gasteiger partial charge in [0.25, 0.3) is 0 Å². The van der Waals surface area contributed by atoms with Gasteiger partial charge in [-0.25, -0.2) is 0 Å². The van der Waals surface area contributed by atoms with Crippen LogP contribution < -0.4 is 5.32 Å². The zero-order chi connectivity index (χ0) is 12.8. The molecule has 2 aromatic carbocycles. The van der Waals surface area contributed by atoms with Gasteiger partial charge in [-0.3, -0.25) is 0 Å². The van der Waals surface area contributed by atoms with Crippen LogP contribution in [0.4, 0.5) is 0 Å². The van der Waals surface area contributed by atoms with Gasteiger partial charge in [0.1, 0.15) is 0 Å². The molecular formula is C17H21N. The summed E-state index contributed by atoms with van der Waals surface area (Å²) in [5.74, 6) is 0. The van der Waals surface area contributed by atoms with E-state index in [2.05, 4.69) is 79.8 Å². The van der Waals surface area contributed by atoms with Crippen molar-refractivity contribution in [3.8, 4) is 0 Å². The molecule has 2 rings (SSSR count). The topological polar surface area (TPSA) is 12.0 Å². The molecule has 0 aliphatic rings. The summed E-state index contributed by atoms with van der Waals surface area (Å²) in [5, 5.41) is 3.70. The second-order valence-electron chi connectivity index (χ2n) is 4.73. The molecule has 0 unspecified atom stereocenters. The Labute approximate surface area is 110 Å². The molecule has 0 fully saturated rings. The largest absolute Gasteiger partial charge is 0.304 e. The first-order chi connectivity index (χ1) is 8.81. The fourth-order valence-electron chi connectivity index (χ4n) is 2.08. The highest BCUT2D eigenvalue weighted by atomic mass is 14.9. The van der Waals surface area contributed by atoms with Gasteiger partial charge in [-0.05, 0) is 24.5 Å². The van der Waals surface area contributed by atoms with Crippen molar-refractivity contribution in [3.05, 3.63) is 71.8 Å². The first-order valence-electron chi connectivity index (χ1n) is 6.67. The molecule has 2 aromatic rings. The van der Waals surface area contributed by atoms with Crippen molar-refractivity contribution < 1.29 is 0 Å². The number of hydrogen-bond donors (Lipinski definition) is 1. The zero-order valence-corrected chi connectivity index (χ0v) is 11.1. The summed E-state index contributed by atoms with van der Waals surface area (Å²) in [5.41, 5.74) is 2.65. The summed E-state index contributed by atoms with van der Waals surface area (Å²) in [6.07, 6.45) is 1.14. The minimum absolute atomic E-state index is 0.280. The predicted octanol–water partition coefficient (Wildman–Crippen LogP) is 4.16. The standard InChI is InChI=1S/C17H21N/c1-3-14(2)18-17(15-10-6-4-7-11-15)16-12-8-5-9-13-16/h4-14,17-18H,3H2,1-2H3/t14-/m1/s1. The van der Waals surface area contributed by atoms with Gasteiger partial charge >= 0.3 is 0 Å². The lowest BCUT2D eigenvalue weighted by Crippen LogP contribution is -2.30. The third-order valence-corrected chi connectivity index (χ3v) is 3.33. The molecule has 0 aromatic heterocycles. The van der Waals surface area contributed by atoms with Crippen molar-refractivity contribution >= 4 is 0 Å². The molecule has 1 heteroatoms. The Balaban J connectivity index is 2.29. The van der Waals surface area contributed by atoms with E-state index in [9.17, 15) is 0 Å². The lowest BCUT2D eigenvalue weighted by Gasteiger charge is -2.23. The van der Waals surface area contributed by atoms with Crippen LogP contribution in [0.3, 0.4) is 0 Å². The average molecular weight is 239 g/mol. The quantitative estimate of drug-likeness (QED) is 0.826. The van der Waals surface area contributed by atoms with Gasteiger partial charge in [-0.2, -0.15) is 0 Å². The highest BCUT2D eigenvalue weighted by Crippen LogP contribution is 2.22. The maximum Gasteiger partial charge on any atom is 0.0578 e. The lowest BCUT2D eigenvalue weighted by molar-refractivity contribution is 0.487. The van der Waals surface area contributed by atoms with Crippen LogP contribution in [0.1, 0.15) is 37.4 Å². The predicted molar refractivity (Wildman–Crippen MR) is 77.6 cm³/mol. The average Bonchev–Trinajstić information content (AvgIpc) is 2.46. The first kappa shape index (κ1) is 12.8. The van der Waals surface area contributed by atoms with Gasteiger partial charge in [0.2, 0.25) is 0 Å². The van der Waals surface area contributed by atoms with Gasteiger partial charge in [-0.1, -0.05) is 67.6 Å². The van der Waals surface area contributed by atoms with E-state index in [0.29, 0.717) is 6.04 Å². The smallest absolute Gasteiger partial charge is 0.0578 e. The number of rotatable bonds is 5. The Bertz CT molecular complexity index is 410. The number of nitrogens with one attached hydrogen (secondary N) is 1. The molecule has 0 heterocycles. The van der Waals surface area contributed by atoms with E-state index in [1.165, 1.54) is 11.1 Å². The van der Waals surface area contributed by atoms with Gasteiger partial charge < -0.3 is 5.32 Å². The molecule has 1 N–H and O–H groups in total. The van der Waals surface area contributed by atoms with Crippen LogP contribution in [0.5, 0.6) is 0 Å². The monoisotopic (exact) mass is 239 g/mol. The summed E-state index contributed by atoms with van der Waals surface area (Å²) >= 11 is 0. The Morgan fingerprint density at radius 1 is 0.833 bits per heavy atom. The normalized spacial score (nSPS) is 12.6. The highest BCUT2D eigenvalue weighted by molar-refractivity contribution is 5.31. The second kappa shape index (κ2) is 6.36. The Hall–Kier alpha value is -1.60. The third kappa shape index (κ3) is 3.21. The lowest BCUT2D eigenvalue weighted by atomic mass is 9.98. The van der Waals surface area contributed by atoms with Crippen LogP contribution in [0, 0.1) is 0 Å². The van der Waals surface area contributed by atoms with Crippen LogP contribution in [-0.2, 0) is 0 Å². The first-order valence-corrected chi connectivity index (χ1v) is 6.67. The van der Waals surface area contributed by atoms with E-state index in [1.807, 2.05) is 0 Å².